The second-order valence-corrected chi connectivity index (χ2v) is 2.68. The van der Waals surface area contributed by atoms with Crippen LogP contribution in [0, 0.1) is 0 Å². The summed E-state index contributed by atoms with van der Waals surface area (Å²) in [5.41, 5.74) is 0. The molecular weight excluding hydrogens is 216 g/mol. The Kier molecular flexibility index (Phi) is 38.5. The van der Waals surface area contributed by atoms with Crippen LogP contribution in [-0.4, -0.2) is 53.1 Å². The van der Waals surface area contributed by atoms with Crippen molar-refractivity contribution in [2.45, 2.75) is 34.6 Å². The summed E-state index contributed by atoms with van der Waals surface area (Å²) < 4.78 is 10.6. The molecule has 0 aromatic heterocycles. The molecule has 112 valence electrons. The lowest BCUT2D eigenvalue weighted by atomic mass is 10.6. The molecule has 0 aliphatic carbocycles. The number of likely N-dealkylation sites (N-methyl/N-ethyl adjacent to an activating group) is 2. The summed E-state index contributed by atoms with van der Waals surface area (Å²) in [5.74, 6) is 0. The van der Waals surface area contributed by atoms with Gasteiger partial charge in [0.05, 0.1) is 26.4 Å². The summed E-state index contributed by atoms with van der Waals surface area (Å²) >= 11 is 0. The molecule has 4 heteroatoms. The van der Waals surface area contributed by atoms with Gasteiger partial charge in [0.15, 0.2) is 0 Å². The van der Waals surface area contributed by atoms with Gasteiger partial charge in [-0.2, -0.15) is 0 Å². The van der Waals surface area contributed by atoms with Gasteiger partial charge in [-0.25, -0.2) is 0 Å². The Morgan fingerprint density at radius 2 is 1.29 bits per heavy atom. The van der Waals surface area contributed by atoms with Gasteiger partial charge in [-0.15, -0.1) is 0 Å². The molecule has 0 aliphatic heterocycles. The lowest BCUT2D eigenvalue weighted by Crippen LogP contribution is -2.20. The average Bonchev–Trinajstić information content (AvgIpc) is 2.42. The molecule has 4 nitrogen and oxygen atoms in total. The fourth-order valence-electron chi connectivity index (χ4n) is 0.817. The van der Waals surface area contributed by atoms with Crippen LogP contribution in [0.5, 0.6) is 0 Å². The molecule has 2 N–H and O–H groups in total. The Hall–Kier alpha value is -0.160. The van der Waals surface area contributed by atoms with Gasteiger partial charge in [0.2, 0.25) is 0 Å². The van der Waals surface area contributed by atoms with Crippen LogP contribution in [-0.2, 0) is 9.47 Å². The van der Waals surface area contributed by atoms with Gasteiger partial charge >= 0.3 is 0 Å². The lowest BCUT2D eigenvalue weighted by Gasteiger charge is -2.05. The molecule has 0 atom stereocenters. The number of nitrogens with one attached hydrogen (secondary N) is 2. The van der Waals surface area contributed by atoms with E-state index < -0.39 is 0 Å². The molecule has 0 aliphatic rings. The number of ether oxygens (including phenoxy) is 2. The molecule has 0 saturated carbocycles. The van der Waals surface area contributed by atoms with Crippen LogP contribution in [0.4, 0.5) is 0 Å². The van der Waals surface area contributed by atoms with E-state index in [-0.39, 0.29) is 2.85 Å². The Morgan fingerprint density at radius 3 is 1.71 bits per heavy atom. The first-order valence-corrected chi connectivity index (χ1v) is 6.92. The van der Waals surface area contributed by atoms with E-state index >= 15 is 0 Å². The Labute approximate surface area is 111 Å². The van der Waals surface area contributed by atoms with Crippen LogP contribution >= 0.6 is 0 Å². The van der Waals surface area contributed by atoms with Crippen molar-refractivity contribution in [3.05, 3.63) is 0 Å². The van der Waals surface area contributed by atoms with E-state index in [0.717, 1.165) is 32.8 Å². The minimum absolute atomic E-state index is 0. The Balaban J connectivity index is -0.0000000988. The van der Waals surface area contributed by atoms with Gasteiger partial charge in [-0.3, -0.25) is 0 Å². The molecule has 0 bridgehead atoms. The van der Waals surface area contributed by atoms with Gasteiger partial charge in [0, 0.05) is 15.9 Å². The highest BCUT2D eigenvalue weighted by Crippen LogP contribution is 1.77. The van der Waals surface area contributed by atoms with E-state index in [1.165, 1.54) is 0 Å². The van der Waals surface area contributed by atoms with Crippen molar-refractivity contribution in [2.75, 3.05) is 53.1 Å². The van der Waals surface area contributed by atoms with Gasteiger partial charge < -0.3 is 20.1 Å². The van der Waals surface area contributed by atoms with Crippen molar-refractivity contribution >= 4 is 0 Å². The first-order chi connectivity index (χ1) is 8.41. The molecule has 0 radical (unpaired) electrons. The van der Waals surface area contributed by atoms with E-state index in [4.69, 9.17) is 9.47 Å². The van der Waals surface area contributed by atoms with Crippen LogP contribution in [0.3, 0.4) is 0 Å². The molecule has 17 heavy (non-hydrogen) atoms. The molecule has 0 heterocycles. The molecule has 0 spiro atoms. The molecule has 0 saturated heterocycles. The van der Waals surface area contributed by atoms with Crippen molar-refractivity contribution in [3.63, 3.8) is 0 Å². The van der Waals surface area contributed by atoms with Crippen LogP contribution < -0.4 is 10.6 Å². The zero-order valence-electron chi connectivity index (χ0n) is 12.8. The maximum Gasteiger partial charge on any atom is 0.0701 e. The third-order valence-corrected chi connectivity index (χ3v) is 1.54. The fourth-order valence-corrected chi connectivity index (χ4v) is 0.817. The van der Waals surface area contributed by atoms with Crippen molar-refractivity contribution in [2.24, 2.45) is 0 Å². The zero-order chi connectivity index (χ0) is 13.8. The molecule has 0 unspecified atom stereocenters. The maximum absolute atomic E-state index is 5.31. The number of hydrogen-bond donors (Lipinski definition) is 2. The van der Waals surface area contributed by atoms with Crippen molar-refractivity contribution in [1.29, 1.82) is 0 Å². The van der Waals surface area contributed by atoms with Crippen LogP contribution in [0.25, 0.3) is 0 Å². The molecule has 0 fully saturated rings. The highest BCUT2D eigenvalue weighted by Gasteiger charge is 1.88. The first-order valence-electron chi connectivity index (χ1n) is 6.92. The molecule has 0 aromatic rings. The summed E-state index contributed by atoms with van der Waals surface area (Å²) in [4.78, 5) is 0. The number of hydrogen-bond acceptors (Lipinski definition) is 4. The Morgan fingerprint density at radius 1 is 0.824 bits per heavy atom. The summed E-state index contributed by atoms with van der Waals surface area (Å²) in [6, 6.07) is 0. The topological polar surface area (TPSA) is 42.5 Å². The summed E-state index contributed by atoms with van der Waals surface area (Å²) in [6.07, 6.45) is 0. The minimum Gasteiger partial charge on any atom is -0.378 e. The van der Waals surface area contributed by atoms with Crippen molar-refractivity contribution in [1.82, 2.24) is 10.6 Å². The second-order valence-electron chi connectivity index (χ2n) is 2.68. The maximum atomic E-state index is 5.31. The van der Waals surface area contributed by atoms with E-state index in [0.29, 0.717) is 13.2 Å². The predicted molar refractivity (Wildman–Crippen MR) is 81.0 cm³/mol. The van der Waals surface area contributed by atoms with E-state index in [1.54, 1.807) is 0 Å². The van der Waals surface area contributed by atoms with Crippen LogP contribution in [0.2, 0.25) is 0 Å². The fraction of sp³-hybridized carbons (Fsp3) is 1.00. The first kappa shape index (κ1) is 22.1. The summed E-state index contributed by atoms with van der Waals surface area (Å²) in [5, 5.41) is 6.19. The highest BCUT2D eigenvalue weighted by atomic mass is 16.5. The van der Waals surface area contributed by atoms with Crippen molar-refractivity contribution in [3.8, 4) is 0 Å². The lowest BCUT2D eigenvalue weighted by molar-refractivity contribution is 0.0505. The molecular formula is C13H38N2O2. The standard InChI is InChI=1S/C9H22N2O2.2C2H6.2H2/c1-3-11-5-7-13-9-8-12-6-4-10-2;2*1-2;;/h10-11H,3-9H2,1-2H3;2*1-2H3;2*1H. The van der Waals surface area contributed by atoms with Gasteiger partial charge in [0.1, 0.15) is 0 Å². The average molecular weight is 254 g/mol. The zero-order valence-corrected chi connectivity index (χ0v) is 12.8. The van der Waals surface area contributed by atoms with E-state index in [1.807, 2.05) is 34.7 Å². The molecule has 0 rings (SSSR count). The largest absolute Gasteiger partial charge is 0.378 e. The quantitative estimate of drug-likeness (QED) is 0.588. The van der Waals surface area contributed by atoms with Crippen LogP contribution in [0.15, 0.2) is 0 Å². The van der Waals surface area contributed by atoms with Gasteiger partial charge in [0.25, 0.3) is 0 Å². The number of rotatable bonds is 10. The van der Waals surface area contributed by atoms with E-state index in [9.17, 15) is 0 Å². The molecule has 0 aromatic carbocycles. The second kappa shape index (κ2) is 29.7. The van der Waals surface area contributed by atoms with Crippen molar-refractivity contribution < 1.29 is 12.3 Å². The monoisotopic (exact) mass is 254 g/mol. The third kappa shape index (κ3) is 31.3. The minimum atomic E-state index is 0. The van der Waals surface area contributed by atoms with Gasteiger partial charge in [-0.05, 0) is 13.6 Å². The van der Waals surface area contributed by atoms with Gasteiger partial charge in [-0.1, -0.05) is 34.6 Å². The third-order valence-electron chi connectivity index (χ3n) is 1.54. The van der Waals surface area contributed by atoms with E-state index in [2.05, 4.69) is 17.6 Å². The molecule has 0 amide bonds. The summed E-state index contributed by atoms with van der Waals surface area (Å²) in [6.45, 7) is 15.8. The SMILES string of the molecule is CC.CC.CCNCCOCCOCCNC.[HH].[HH]. The summed E-state index contributed by atoms with van der Waals surface area (Å²) in [7, 11) is 1.91. The smallest absolute Gasteiger partial charge is 0.0701 e. The van der Waals surface area contributed by atoms with Crippen LogP contribution in [0.1, 0.15) is 37.5 Å². The Bertz CT molecular complexity index is 92.7. The predicted octanol–water partition coefficient (Wildman–Crippen LogP) is 2.39. The highest BCUT2D eigenvalue weighted by molar-refractivity contribution is 4.40. The normalized spacial score (nSPS) is 8.82.